The lowest BCUT2D eigenvalue weighted by Crippen LogP contribution is -2.23. The number of fused-ring (bicyclic) bond motifs is 2. The van der Waals surface area contributed by atoms with Crippen molar-refractivity contribution < 1.29 is 14.6 Å². The average molecular weight is 459 g/mol. The van der Waals surface area contributed by atoms with Crippen LogP contribution in [0.5, 0.6) is 5.88 Å². The number of methoxy groups -OCH3 is 1. The summed E-state index contributed by atoms with van der Waals surface area (Å²) in [6.07, 6.45) is 3.73. The molecule has 0 aliphatic carbocycles. The lowest BCUT2D eigenvalue weighted by atomic mass is 10.2. The van der Waals surface area contributed by atoms with Gasteiger partial charge in [0.25, 0.3) is 5.56 Å². The van der Waals surface area contributed by atoms with E-state index >= 15 is 0 Å². The van der Waals surface area contributed by atoms with Crippen molar-refractivity contribution in [1.82, 2.24) is 24.5 Å². The number of pyridine rings is 1. The summed E-state index contributed by atoms with van der Waals surface area (Å²) >= 11 is 1.47. The van der Waals surface area contributed by atoms with E-state index in [0.29, 0.717) is 23.3 Å². The van der Waals surface area contributed by atoms with Gasteiger partial charge in [0, 0.05) is 32.8 Å². The van der Waals surface area contributed by atoms with Crippen LogP contribution in [0.2, 0.25) is 0 Å². The van der Waals surface area contributed by atoms with E-state index in [1.807, 2.05) is 24.3 Å². The van der Waals surface area contributed by atoms with E-state index in [4.69, 9.17) is 4.74 Å². The number of nitrogens with zero attached hydrogens (tertiary/aromatic N) is 5. The Kier molecular flexibility index (Phi) is 5.27. The van der Waals surface area contributed by atoms with Gasteiger partial charge in [0.15, 0.2) is 0 Å². The molecule has 0 atom stereocenters. The first-order valence-electron chi connectivity index (χ1n) is 9.90. The third-order valence-electron chi connectivity index (χ3n) is 5.15. The Labute approximate surface area is 191 Å². The Balaban J connectivity index is 1.44. The van der Waals surface area contributed by atoms with E-state index in [2.05, 4.69) is 15.2 Å². The first-order chi connectivity index (χ1) is 16.0. The van der Waals surface area contributed by atoms with Gasteiger partial charge in [-0.3, -0.25) is 4.79 Å². The highest BCUT2D eigenvalue weighted by atomic mass is 32.2. The molecule has 0 saturated heterocycles. The van der Waals surface area contributed by atoms with Crippen molar-refractivity contribution in [3.8, 4) is 5.88 Å². The molecule has 9 nitrogen and oxygen atoms in total. The molecule has 0 fully saturated rings. The van der Waals surface area contributed by atoms with E-state index in [-0.39, 0.29) is 5.56 Å². The summed E-state index contributed by atoms with van der Waals surface area (Å²) in [5.74, 6) is 0.508. The van der Waals surface area contributed by atoms with Crippen LogP contribution in [-0.2, 0) is 6.54 Å². The topological polar surface area (TPSA) is 112 Å². The highest BCUT2D eigenvalue weighted by Gasteiger charge is 2.13. The van der Waals surface area contributed by atoms with Gasteiger partial charge in [-0.1, -0.05) is 23.9 Å². The minimum atomic E-state index is -1.13. The molecule has 0 bridgehead atoms. The predicted molar refractivity (Wildman–Crippen MR) is 123 cm³/mol. The fraction of sp³-hybridized carbons (Fsp3) is 0.0870. The molecular formula is C23H17N5O4S. The normalized spacial score (nSPS) is 11.2. The minimum Gasteiger partial charge on any atom is -0.481 e. The quantitative estimate of drug-likeness (QED) is 0.421. The number of hydrogen-bond acceptors (Lipinski definition) is 7. The number of carboxylic acid groups (broad SMARTS) is 1. The van der Waals surface area contributed by atoms with Gasteiger partial charge in [-0.2, -0.15) is 14.9 Å². The fourth-order valence-electron chi connectivity index (χ4n) is 3.53. The van der Waals surface area contributed by atoms with Crippen LogP contribution in [0, 0.1) is 0 Å². The van der Waals surface area contributed by atoms with Gasteiger partial charge in [0.05, 0.1) is 37.0 Å². The number of benzene rings is 2. The number of ether oxygens (including phenoxy) is 1. The fourth-order valence-corrected chi connectivity index (χ4v) is 4.52. The summed E-state index contributed by atoms with van der Waals surface area (Å²) in [4.78, 5) is 30.2. The van der Waals surface area contributed by atoms with Crippen LogP contribution < -0.4 is 10.3 Å². The largest absolute Gasteiger partial charge is 0.481 e. The van der Waals surface area contributed by atoms with Crippen molar-refractivity contribution in [2.45, 2.75) is 16.3 Å². The van der Waals surface area contributed by atoms with Crippen LogP contribution in [0.15, 0.2) is 81.7 Å². The molecule has 0 aliphatic rings. The second kappa shape index (κ2) is 8.40. The smallest absolute Gasteiger partial charge is 0.432 e. The first kappa shape index (κ1) is 20.7. The van der Waals surface area contributed by atoms with Crippen LogP contribution in [0.4, 0.5) is 4.79 Å². The Morgan fingerprint density at radius 3 is 2.70 bits per heavy atom. The second-order valence-electron chi connectivity index (χ2n) is 7.20. The van der Waals surface area contributed by atoms with E-state index in [0.717, 1.165) is 30.8 Å². The van der Waals surface area contributed by atoms with Crippen LogP contribution >= 0.6 is 11.8 Å². The molecule has 5 rings (SSSR count). The van der Waals surface area contributed by atoms with Crippen molar-refractivity contribution in [1.29, 1.82) is 0 Å². The standard InChI is InChI=1S/C23H17N5O4S/c1-32-21-8-5-14(10-24-21)13-27-22(29)17-7-6-16(9-15(17)11-25-27)33-20-4-2-3-19-18(20)12-26-28(19)23(30)31/h2-12H,13H2,1H3,(H,30,31). The summed E-state index contributed by atoms with van der Waals surface area (Å²) in [5, 5.41) is 19.6. The molecular weight excluding hydrogens is 442 g/mol. The van der Waals surface area contributed by atoms with Gasteiger partial charge >= 0.3 is 6.09 Å². The summed E-state index contributed by atoms with van der Waals surface area (Å²) in [6.45, 7) is 0.303. The van der Waals surface area contributed by atoms with E-state index in [1.54, 1.807) is 50.0 Å². The van der Waals surface area contributed by atoms with Gasteiger partial charge in [0.2, 0.25) is 5.88 Å². The molecule has 0 aliphatic heterocycles. The monoisotopic (exact) mass is 459 g/mol. The first-order valence-corrected chi connectivity index (χ1v) is 10.7. The third kappa shape index (κ3) is 3.92. The maximum absolute atomic E-state index is 12.9. The Morgan fingerprint density at radius 1 is 1.06 bits per heavy atom. The van der Waals surface area contributed by atoms with E-state index in [1.165, 1.54) is 16.4 Å². The zero-order chi connectivity index (χ0) is 22.9. The molecule has 33 heavy (non-hydrogen) atoms. The SMILES string of the molecule is COc1ccc(Cn2ncc3cc(Sc4cccc5c4cnn5C(=O)O)ccc3c2=O)cn1. The zero-order valence-corrected chi connectivity index (χ0v) is 18.2. The van der Waals surface area contributed by atoms with Crippen molar-refractivity contribution >= 4 is 39.5 Å². The van der Waals surface area contributed by atoms with E-state index in [9.17, 15) is 14.7 Å². The minimum absolute atomic E-state index is 0.190. The van der Waals surface area contributed by atoms with Crippen molar-refractivity contribution in [2.24, 2.45) is 0 Å². The van der Waals surface area contributed by atoms with Gasteiger partial charge in [-0.15, -0.1) is 0 Å². The van der Waals surface area contributed by atoms with Gasteiger partial charge < -0.3 is 9.84 Å². The van der Waals surface area contributed by atoms with Crippen LogP contribution in [0.3, 0.4) is 0 Å². The Hall–Kier alpha value is -4.18. The summed E-state index contributed by atoms with van der Waals surface area (Å²) in [5.41, 5.74) is 1.17. The summed E-state index contributed by atoms with van der Waals surface area (Å²) in [6, 6.07) is 14.5. The van der Waals surface area contributed by atoms with Crippen molar-refractivity contribution in [3.63, 3.8) is 0 Å². The van der Waals surface area contributed by atoms with Gasteiger partial charge in [0.1, 0.15) is 0 Å². The van der Waals surface area contributed by atoms with Gasteiger partial charge in [-0.05, 0) is 35.9 Å². The predicted octanol–water partition coefficient (Wildman–Crippen LogP) is 3.88. The van der Waals surface area contributed by atoms with Crippen LogP contribution in [-0.4, -0.2) is 42.9 Å². The lowest BCUT2D eigenvalue weighted by Gasteiger charge is -2.08. The molecule has 3 aromatic heterocycles. The molecule has 164 valence electrons. The Bertz CT molecular complexity index is 1560. The second-order valence-corrected chi connectivity index (χ2v) is 8.31. The van der Waals surface area contributed by atoms with Crippen LogP contribution in [0.1, 0.15) is 5.56 Å². The molecule has 0 radical (unpaired) electrons. The third-order valence-corrected chi connectivity index (χ3v) is 6.21. The maximum atomic E-state index is 12.9. The van der Waals surface area contributed by atoms with Crippen molar-refractivity contribution in [3.05, 3.63) is 83.0 Å². The highest BCUT2D eigenvalue weighted by molar-refractivity contribution is 7.99. The van der Waals surface area contributed by atoms with Crippen molar-refractivity contribution in [2.75, 3.05) is 7.11 Å². The highest BCUT2D eigenvalue weighted by Crippen LogP contribution is 2.34. The number of hydrogen-bond donors (Lipinski definition) is 1. The molecule has 0 unspecified atom stereocenters. The average Bonchev–Trinajstić information content (AvgIpc) is 3.27. The van der Waals surface area contributed by atoms with E-state index < -0.39 is 6.09 Å². The summed E-state index contributed by atoms with van der Waals surface area (Å²) in [7, 11) is 1.55. The maximum Gasteiger partial charge on any atom is 0.432 e. The molecule has 2 aromatic carbocycles. The molecule has 10 heteroatoms. The number of rotatable bonds is 5. The molecule has 1 N–H and O–H groups in total. The zero-order valence-electron chi connectivity index (χ0n) is 17.4. The molecule has 5 aromatic rings. The lowest BCUT2D eigenvalue weighted by molar-refractivity contribution is 0.194. The van der Waals surface area contributed by atoms with Gasteiger partial charge in [-0.25, -0.2) is 14.5 Å². The molecule has 0 amide bonds. The number of aromatic nitrogens is 5. The molecule has 3 heterocycles. The summed E-state index contributed by atoms with van der Waals surface area (Å²) < 4.78 is 7.41. The molecule has 0 saturated carbocycles. The van der Waals surface area contributed by atoms with Crippen LogP contribution in [0.25, 0.3) is 21.7 Å². The number of carbonyl (C=O) groups is 1. The Morgan fingerprint density at radius 2 is 1.94 bits per heavy atom. The molecule has 0 spiro atoms.